The van der Waals surface area contributed by atoms with Crippen LogP contribution in [0.25, 0.3) is 0 Å². The van der Waals surface area contributed by atoms with Gasteiger partial charge >= 0.3 is 6.36 Å². The van der Waals surface area contributed by atoms with Crippen LogP contribution in [0.15, 0.2) is 24.3 Å². The summed E-state index contributed by atoms with van der Waals surface area (Å²) >= 11 is 0. The molecule has 9 heteroatoms. The summed E-state index contributed by atoms with van der Waals surface area (Å²) in [4.78, 5) is 31.3. The Morgan fingerprint density at radius 2 is 1.80 bits per heavy atom. The second-order valence-electron chi connectivity index (χ2n) is 8.26. The van der Waals surface area contributed by atoms with Crippen LogP contribution in [-0.4, -0.2) is 78.2 Å². The number of hydrogen-bond donors (Lipinski definition) is 0. The normalized spacial score (nSPS) is 23.6. The summed E-state index contributed by atoms with van der Waals surface area (Å²) in [5.41, 5.74) is -0.101. The van der Waals surface area contributed by atoms with Gasteiger partial charge in [-0.1, -0.05) is 12.1 Å². The Bertz CT molecular complexity index is 797. The van der Waals surface area contributed by atoms with Crippen LogP contribution < -0.4 is 4.74 Å². The molecule has 2 aliphatic heterocycles. The third kappa shape index (κ3) is 4.88. The molecule has 2 heterocycles. The second-order valence-corrected chi connectivity index (χ2v) is 8.26. The number of carbonyl (C=O) groups is 2. The van der Waals surface area contributed by atoms with Crippen LogP contribution in [0.4, 0.5) is 13.2 Å². The number of benzene rings is 1. The van der Waals surface area contributed by atoms with E-state index in [1.54, 1.807) is 4.90 Å². The lowest BCUT2D eigenvalue weighted by atomic mass is 10.1. The maximum Gasteiger partial charge on any atom is 0.573 e. The number of hydrogen-bond acceptors (Lipinski definition) is 4. The summed E-state index contributed by atoms with van der Waals surface area (Å²) in [6.45, 7) is 3.65. The SMILES string of the molecule is O=C(c1ccccc1OC(F)(F)F)N1CCCN([C@@H]2CCN(CC3CC3)C2=O)CC1. The lowest BCUT2D eigenvalue weighted by Gasteiger charge is -2.27. The zero-order chi connectivity index (χ0) is 21.3. The topological polar surface area (TPSA) is 53.1 Å². The fourth-order valence-electron chi connectivity index (χ4n) is 4.33. The molecule has 2 amide bonds. The Hall–Kier alpha value is -2.29. The van der Waals surface area contributed by atoms with Crippen LogP contribution in [-0.2, 0) is 4.79 Å². The number of nitrogens with zero attached hydrogens (tertiary/aromatic N) is 3. The highest BCUT2D eigenvalue weighted by molar-refractivity contribution is 5.97. The second kappa shape index (κ2) is 8.45. The average Bonchev–Trinajstić information content (AvgIpc) is 3.47. The molecule has 1 aromatic rings. The Morgan fingerprint density at radius 3 is 2.53 bits per heavy atom. The maximum atomic E-state index is 12.9. The Morgan fingerprint density at radius 1 is 1.03 bits per heavy atom. The van der Waals surface area contributed by atoms with E-state index in [1.807, 2.05) is 4.90 Å². The van der Waals surface area contributed by atoms with Gasteiger partial charge in [-0.2, -0.15) is 0 Å². The van der Waals surface area contributed by atoms with Gasteiger partial charge in [-0.05, 0) is 43.7 Å². The van der Waals surface area contributed by atoms with Crippen LogP contribution in [0.2, 0.25) is 0 Å². The zero-order valence-electron chi connectivity index (χ0n) is 16.7. The number of rotatable bonds is 5. The molecule has 0 radical (unpaired) electrons. The first-order valence-electron chi connectivity index (χ1n) is 10.5. The van der Waals surface area contributed by atoms with Crippen molar-refractivity contribution in [1.29, 1.82) is 0 Å². The van der Waals surface area contributed by atoms with Crippen molar-refractivity contribution in [3.63, 3.8) is 0 Å². The molecule has 1 aromatic carbocycles. The molecule has 3 aliphatic rings. The first-order valence-corrected chi connectivity index (χ1v) is 10.5. The highest BCUT2D eigenvalue weighted by Crippen LogP contribution is 2.32. The van der Waals surface area contributed by atoms with E-state index in [1.165, 1.54) is 31.0 Å². The Labute approximate surface area is 173 Å². The average molecular weight is 425 g/mol. The van der Waals surface area contributed by atoms with Crippen molar-refractivity contribution in [2.75, 3.05) is 39.3 Å². The summed E-state index contributed by atoms with van der Waals surface area (Å²) in [6, 6.07) is 5.27. The summed E-state index contributed by atoms with van der Waals surface area (Å²) in [6.07, 6.45) is -0.993. The van der Waals surface area contributed by atoms with E-state index in [0.717, 1.165) is 25.6 Å². The van der Waals surface area contributed by atoms with E-state index >= 15 is 0 Å². The van der Waals surface area contributed by atoms with Crippen molar-refractivity contribution in [2.45, 2.75) is 38.1 Å². The predicted octanol–water partition coefficient (Wildman–Crippen LogP) is 2.74. The van der Waals surface area contributed by atoms with Gasteiger partial charge in [0.1, 0.15) is 5.75 Å². The molecule has 1 aliphatic carbocycles. The number of para-hydroxylation sites is 1. The van der Waals surface area contributed by atoms with E-state index in [9.17, 15) is 22.8 Å². The highest BCUT2D eigenvalue weighted by Gasteiger charge is 2.39. The Kier molecular flexibility index (Phi) is 5.90. The zero-order valence-corrected chi connectivity index (χ0v) is 16.7. The molecule has 164 valence electrons. The monoisotopic (exact) mass is 425 g/mol. The van der Waals surface area contributed by atoms with Crippen molar-refractivity contribution >= 4 is 11.8 Å². The molecule has 0 unspecified atom stereocenters. The molecule has 0 aromatic heterocycles. The summed E-state index contributed by atoms with van der Waals surface area (Å²) in [7, 11) is 0. The number of halogens is 3. The lowest BCUT2D eigenvalue weighted by Crippen LogP contribution is -2.44. The van der Waals surface area contributed by atoms with Crippen LogP contribution in [0.5, 0.6) is 5.75 Å². The minimum absolute atomic E-state index is 0.101. The van der Waals surface area contributed by atoms with E-state index in [4.69, 9.17) is 0 Å². The predicted molar refractivity (Wildman–Crippen MR) is 103 cm³/mol. The van der Waals surface area contributed by atoms with Crippen molar-refractivity contribution in [1.82, 2.24) is 14.7 Å². The smallest absolute Gasteiger partial charge is 0.405 e. The minimum atomic E-state index is -4.86. The largest absolute Gasteiger partial charge is 0.573 e. The molecule has 1 atom stereocenters. The lowest BCUT2D eigenvalue weighted by molar-refractivity contribution is -0.274. The molecule has 0 spiro atoms. The van der Waals surface area contributed by atoms with Gasteiger partial charge in [0.05, 0.1) is 11.6 Å². The molecule has 6 nitrogen and oxygen atoms in total. The summed E-state index contributed by atoms with van der Waals surface area (Å²) < 4.78 is 42.1. The van der Waals surface area contributed by atoms with E-state index < -0.39 is 18.0 Å². The van der Waals surface area contributed by atoms with E-state index in [2.05, 4.69) is 9.64 Å². The fraction of sp³-hybridized carbons (Fsp3) is 0.619. The van der Waals surface area contributed by atoms with Crippen LogP contribution >= 0.6 is 0 Å². The molecule has 2 saturated heterocycles. The van der Waals surface area contributed by atoms with Gasteiger partial charge in [-0.3, -0.25) is 14.5 Å². The maximum absolute atomic E-state index is 12.9. The van der Waals surface area contributed by atoms with E-state index in [-0.39, 0.29) is 17.5 Å². The molecule has 1 saturated carbocycles. The van der Waals surface area contributed by atoms with Crippen LogP contribution in [0.3, 0.4) is 0 Å². The van der Waals surface area contributed by atoms with E-state index in [0.29, 0.717) is 38.5 Å². The van der Waals surface area contributed by atoms with Crippen molar-refractivity contribution < 1.29 is 27.5 Å². The molecule has 3 fully saturated rings. The Balaban J connectivity index is 1.39. The summed E-state index contributed by atoms with van der Waals surface area (Å²) in [5, 5.41) is 0. The number of alkyl halides is 3. The quantitative estimate of drug-likeness (QED) is 0.728. The number of ether oxygens (including phenoxy) is 1. The van der Waals surface area contributed by atoms with Gasteiger partial charge in [0, 0.05) is 39.3 Å². The molecular formula is C21H26F3N3O3. The third-order valence-corrected chi connectivity index (χ3v) is 6.05. The van der Waals surface area contributed by atoms with Gasteiger partial charge in [0.25, 0.3) is 5.91 Å². The molecule has 4 rings (SSSR count). The van der Waals surface area contributed by atoms with Crippen LogP contribution in [0.1, 0.15) is 36.0 Å². The fourth-order valence-corrected chi connectivity index (χ4v) is 4.33. The number of carbonyl (C=O) groups excluding carboxylic acids is 2. The van der Waals surface area contributed by atoms with Gasteiger partial charge in [-0.15, -0.1) is 13.2 Å². The van der Waals surface area contributed by atoms with Gasteiger partial charge in [0.15, 0.2) is 0 Å². The third-order valence-electron chi connectivity index (χ3n) is 6.05. The first kappa shape index (κ1) is 21.0. The van der Waals surface area contributed by atoms with Gasteiger partial charge < -0.3 is 14.5 Å². The highest BCUT2D eigenvalue weighted by atomic mass is 19.4. The number of likely N-dealkylation sites (tertiary alicyclic amines) is 1. The molecular weight excluding hydrogens is 399 g/mol. The van der Waals surface area contributed by atoms with Crippen LogP contribution in [0, 0.1) is 5.92 Å². The molecule has 30 heavy (non-hydrogen) atoms. The minimum Gasteiger partial charge on any atom is -0.405 e. The summed E-state index contributed by atoms with van der Waals surface area (Å²) in [5.74, 6) is -0.142. The molecule has 0 N–H and O–H groups in total. The molecule has 0 bridgehead atoms. The first-order chi connectivity index (χ1) is 14.3. The number of amides is 2. The standard InChI is InChI=1S/C21H26F3N3O3/c22-21(23,24)30-18-5-2-1-4-16(18)19(28)26-10-3-9-25(12-13-26)17-8-11-27(20(17)29)14-15-6-7-15/h1-2,4-5,15,17H,3,6-14H2/t17-/m1/s1. The van der Waals surface area contributed by atoms with Crippen molar-refractivity contribution in [3.8, 4) is 5.75 Å². The van der Waals surface area contributed by atoms with Gasteiger partial charge in [-0.25, -0.2) is 0 Å². The van der Waals surface area contributed by atoms with Crippen molar-refractivity contribution in [2.24, 2.45) is 5.92 Å². The van der Waals surface area contributed by atoms with Gasteiger partial charge in [0.2, 0.25) is 5.91 Å². The van der Waals surface area contributed by atoms with Crippen molar-refractivity contribution in [3.05, 3.63) is 29.8 Å².